The zero-order valence-electron chi connectivity index (χ0n) is 42.5. The molecular weight excluding hydrogens is 965 g/mol. The van der Waals surface area contributed by atoms with Crippen LogP contribution in [0.2, 0.25) is 64.5 Å². The fourth-order valence-electron chi connectivity index (χ4n) is 10.7. The van der Waals surface area contributed by atoms with Crippen LogP contribution in [0.1, 0.15) is 68.2 Å². The molecule has 0 aromatic carbocycles. The number of ether oxygens (including phenoxy) is 12. The molecule has 3 saturated heterocycles. The number of hydrogen-bond acceptors (Lipinski definition) is 22. The summed E-state index contributed by atoms with van der Waals surface area (Å²) in [6, 6.07) is 1.70. The average molecular weight is 1040 g/mol. The molecule has 10 atom stereocenters. The fourth-order valence-corrected chi connectivity index (χ4v) is 52.9. The maximum Gasteiger partial charge on any atom is 0.303 e. The largest absolute Gasteiger partial charge is 0.463 e. The normalized spacial score (nSPS) is 28.2. The van der Waals surface area contributed by atoms with Crippen LogP contribution < -0.4 is 0 Å². The molecule has 3 aliphatic heterocycles. The molecular formula is C42H74N2O20Si4. The molecule has 26 heteroatoms. The number of nitrogens with zero attached hydrogens (tertiary/aromatic N) is 2. The number of carbonyl (C=O) groups is 8. The number of rotatable bonds is 22. The number of esters is 8. The summed E-state index contributed by atoms with van der Waals surface area (Å²) in [4.78, 5) is 96.9. The Morgan fingerprint density at radius 3 is 0.956 bits per heavy atom. The SMILES string of the molecule is CC(=O)OC[C@H]1O[C@@H](OCCC[Si](C)(C)N2[Si](C)(C)N([Si](C)(C)CCCO[C@@H]3O[C@H](COC(C)=O)[C@H](OC(C)=O)[C@H](OC(C)=O)[C@H]3OC(C)=O)[Si]2(C)C)[C@H](OC(C)=O)[C@@H](OC(C)=O)[C@H]1OC(C)=O. The van der Waals surface area contributed by atoms with Gasteiger partial charge in [-0.1, -0.05) is 26.2 Å². The second kappa shape index (κ2) is 24.5. The molecule has 0 aromatic heterocycles. The van der Waals surface area contributed by atoms with Crippen LogP contribution in [0.4, 0.5) is 0 Å². The molecule has 0 aromatic rings. The molecule has 0 bridgehead atoms. The molecule has 3 heterocycles. The highest BCUT2D eigenvalue weighted by molar-refractivity contribution is 7.20. The van der Waals surface area contributed by atoms with E-state index in [-0.39, 0.29) is 26.4 Å². The maximum atomic E-state index is 12.3. The first-order chi connectivity index (χ1) is 31.3. The molecule has 0 spiro atoms. The third kappa shape index (κ3) is 15.7. The van der Waals surface area contributed by atoms with Gasteiger partial charge >= 0.3 is 47.8 Å². The smallest absolute Gasteiger partial charge is 0.303 e. The Kier molecular flexibility index (Phi) is 21.1. The Bertz CT molecular complexity index is 1700. The van der Waals surface area contributed by atoms with Gasteiger partial charge in [0.1, 0.15) is 41.9 Å². The summed E-state index contributed by atoms with van der Waals surface area (Å²) in [5, 5.41) is 0. The third-order valence-corrected chi connectivity index (χ3v) is 42.1. The van der Waals surface area contributed by atoms with Gasteiger partial charge < -0.3 is 64.6 Å². The van der Waals surface area contributed by atoms with Crippen LogP contribution in [0.15, 0.2) is 0 Å². The van der Waals surface area contributed by atoms with Gasteiger partial charge in [0.15, 0.2) is 66.0 Å². The molecule has 0 amide bonds. The third-order valence-electron chi connectivity index (χ3n) is 11.7. The average Bonchev–Trinajstić information content (AvgIpc) is 3.15. The lowest BCUT2D eigenvalue weighted by Crippen LogP contribution is -2.97. The molecule has 0 saturated carbocycles. The summed E-state index contributed by atoms with van der Waals surface area (Å²) in [6.07, 6.45) is -11.3. The summed E-state index contributed by atoms with van der Waals surface area (Å²) in [5.74, 6) is -5.54. The first kappa shape index (κ1) is 58.7. The highest BCUT2D eigenvalue weighted by Gasteiger charge is 2.68. The molecule has 0 radical (unpaired) electrons. The molecule has 0 unspecified atom stereocenters. The summed E-state index contributed by atoms with van der Waals surface area (Å²) in [5.41, 5.74) is 0. The Labute approximate surface area is 403 Å². The second-order valence-corrected chi connectivity index (χ2v) is 39.0. The van der Waals surface area contributed by atoms with Crippen molar-refractivity contribution in [3.8, 4) is 0 Å². The molecule has 3 rings (SSSR count). The Hall–Kier alpha value is -3.61. The van der Waals surface area contributed by atoms with Gasteiger partial charge in [0.25, 0.3) is 0 Å². The molecule has 388 valence electrons. The predicted molar refractivity (Wildman–Crippen MR) is 248 cm³/mol. The van der Waals surface area contributed by atoms with E-state index in [2.05, 4.69) is 60.2 Å². The highest BCUT2D eigenvalue weighted by atomic mass is 28.6. The Balaban J connectivity index is 1.73. The van der Waals surface area contributed by atoms with Crippen LogP contribution in [-0.2, 0) is 95.2 Å². The van der Waals surface area contributed by atoms with E-state index in [1.165, 1.54) is 27.7 Å². The summed E-state index contributed by atoms with van der Waals surface area (Å²) in [6.45, 7) is 28.1. The van der Waals surface area contributed by atoms with Crippen molar-refractivity contribution in [2.75, 3.05) is 26.4 Å². The van der Waals surface area contributed by atoms with Crippen LogP contribution in [0, 0.1) is 0 Å². The first-order valence-corrected chi connectivity index (χ1v) is 34.9. The van der Waals surface area contributed by atoms with E-state index in [0.717, 1.165) is 39.8 Å². The molecule has 0 aliphatic carbocycles. The van der Waals surface area contributed by atoms with Gasteiger partial charge in [-0.2, -0.15) is 0 Å². The van der Waals surface area contributed by atoms with E-state index in [1.54, 1.807) is 0 Å². The van der Waals surface area contributed by atoms with Crippen molar-refractivity contribution in [2.45, 2.75) is 194 Å². The Morgan fingerprint density at radius 1 is 0.426 bits per heavy atom. The van der Waals surface area contributed by atoms with E-state index < -0.39 is 142 Å². The summed E-state index contributed by atoms with van der Waals surface area (Å²) >= 11 is 0. The molecule has 3 aliphatic rings. The number of hydrogen-bond donors (Lipinski definition) is 0. The van der Waals surface area contributed by atoms with E-state index in [4.69, 9.17) is 56.8 Å². The van der Waals surface area contributed by atoms with Crippen molar-refractivity contribution >= 4 is 81.0 Å². The Morgan fingerprint density at radius 2 is 0.691 bits per heavy atom. The fraction of sp³-hybridized carbons (Fsp3) is 0.810. The van der Waals surface area contributed by atoms with Gasteiger partial charge in [-0.05, 0) is 51.1 Å². The van der Waals surface area contributed by atoms with Crippen LogP contribution in [0.25, 0.3) is 0 Å². The van der Waals surface area contributed by atoms with Crippen molar-refractivity contribution in [3.05, 3.63) is 0 Å². The minimum atomic E-state index is -2.16. The monoisotopic (exact) mass is 1040 g/mol. The number of carbonyl (C=O) groups excluding carboxylic acids is 8. The minimum absolute atomic E-state index is 0.186. The minimum Gasteiger partial charge on any atom is -0.463 e. The van der Waals surface area contributed by atoms with Crippen molar-refractivity contribution in [3.63, 3.8) is 0 Å². The van der Waals surface area contributed by atoms with Gasteiger partial charge in [-0.15, -0.1) is 0 Å². The van der Waals surface area contributed by atoms with Crippen LogP contribution in [-0.4, -0.2) is 177 Å². The molecule has 22 nitrogen and oxygen atoms in total. The topological polar surface area (TPSA) is 254 Å². The van der Waals surface area contributed by atoms with Gasteiger partial charge in [0, 0.05) is 68.6 Å². The standard InChI is InChI=1S/C42H74N2O20Si4/c1-25(45)55-23-33-35(57-27(3)47)37(59-29(5)49)39(61-31(7)51)41(63-33)53-19-17-21-65(9,10)43-67(13,14)44(68(43,15)16)66(11,12)22-18-20-54-42-40(62-32(8)52)38(60-30(6)50)36(58-28(4)48)34(64-42)24-56-26(2)46/h33-42H,17-24H2,1-16H3/t33-,34-,35+,36+,37+,38+,39-,40-,41-,42-/m1/s1. The predicted octanol–water partition coefficient (Wildman–Crippen LogP) is 3.40. The lowest BCUT2D eigenvalue weighted by atomic mass is 9.98. The highest BCUT2D eigenvalue weighted by Crippen LogP contribution is 2.48. The first-order valence-electron chi connectivity index (χ1n) is 22.8. The van der Waals surface area contributed by atoms with Crippen LogP contribution in [0.3, 0.4) is 0 Å². The van der Waals surface area contributed by atoms with E-state index >= 15 is 0 Å². The summed E-state index contributed by atoms with van der Waals surface area (Å²) < 4.78 is 74.1. The van der Waals surface area contributed by atoms with Crippen molar-refractivity contribution in [1.82, 2.24) is 7.79 Å². The van der Waals surface area contributed by atoms with Crippen molar-refractivity contribution in [1.29, 1.82) is 0 Å². The second-order valence-electron chi connectivity index (χ2n) is 19.4. The van der Waals surface area contributed by atoms with Crippen LogP contribution >= 0.6 is 0 Å². The zero-order chi connectivity index (χ0) is 51.7. The molecule has 0 N–H and O–H groups in total. The van der Waals surface area contributed by atoms with E-state index in [0.29, 0.717) is 12.8 Å². The van der Waals surface area contributed by atoms with Gasteiger partial charge in [0.2, 0.25) is 0 Å². The van der Waals surface area contributed by atoms with Gasteiger partial charge in [-0.3, -0.25) is 38.4 Å². The molecule has 68 heavy (non-hydrogen) atoms. The van der Waals surface area contributed by atoms with Crippen LogP contribution in [0.5, 0.6) is 0 Å². The van der Waals surface area contributed by atoms with E-state index in [9.17, 15) is 38.4 Å². The van der Waals surface area contributed by atoms with Crippen molar-refractivity contribution in [2.24, 2.45) is 0 Å². The zero-order valence-corrected chi connectivity index (χ0v) is 46.5. The van der Waals surface area contributed by atoms with E-state index in [1.807, 2.05) is 0 Å². The van der Waals surface area contributed by atoms with Gasteiger partial charge in [0.05, 0.1) is 0 Å². The summed E-state index contributed by atoms with van der Waals surface area (Å²) in [7, 11) is -8.56. The quantitative estimate of drug-likeness (QED) is 0.0652. The maximum absolute atomic E-state index is 12.3. The lowest BCUT2D eigenvalue weighted by molar-refractivity contribution is -0.308. The van der Waals surface area contributed by atoms with Gasteiger partial charge in [-0.25, -0.2) is 0 Å². The van der Waals surface area contributed by atoms with Crippen molar-refractivity contribution < 1.29 is 95.2 Å². The molecule has 3 fully saturated rings. The lowest BCUT2D eigenvalue weighted by Gasteiger charge is -2.76.